The van der Waals surface area contributed by atoms with Crippen molar-refractivity contribution in [2.45, 2.75) is 12.0 Å². The first kappa shape index (κ1) is 23.1. The Balaban J connectivity index is 1.19. The summed E-state index contributed by atoms with van der Waals surface area (Å²) in [7, 11) is 1.66. The van der Waals surface area contributed by atoms with Crippen molar-refractivity contribution in [3.8, 4) is 5.75 Å². The number of rotatable bonds is 7. The molecule has 0 radical (unpaired) electrons. The molecule has 3 heterocycles. The Labute approximate surface area is 217 Å². The van der Waals surface area contributed by atoms with Gasteiger partial charge in [-0.25, -0.2) is 4.39 Å². The largest absolute Gasteiger partial charge is 0.497 e. The number of hydrogen-bond donors (Lipinski definition) is 2. The molecule has 1 aliphatic heterocycles. The molecule has 2 aromatic heterocycles. The normalized spacial score (nSPS) is 15.3. The number of nitrogens with one attached hydrogen (secondary N) is 2. The van der Waals surface area contributed by atoms with Crippen molar-refractivity contribution < 1.29 is 9.13 Å². The monoisotopic (exact) mass is 509 g/mol. The van der Waals surface area contributed by atoms with Crippen LogP contribution in [0.4, 0.5) is 4.39 Å². The van der Waals surface area contributed by atoms with Gasteiger partial charge in [0.2, 0.25) is 0 Å². The molecule has 1 aliphatic rings. The Hall–Kier alpha value is -4.30. The van der Waals surface area contributed by atoms with Crippen LogP contribution in [-0.4, -0.2) is 28.4 Å². The van der Waals surface area contributed by atoms with Gasteiger partial charge in [0.1, 0.15) is 11.6 Å². The summed E-state index contributed by atoms with van der Waals surface area (Å²) in [5, 5.41) is 12.2. The molecule has 2 N–H and O–H groups in total. The van der Waals surface area contributed by atoms with E-state index in [-0.39, 0.29) is 11.3 Å². The Morgan fingerprint density at radius 2 is 1.86 bits per heavy atom. The van der Waals surface area contributed by atoms with E-state index in [9.17, 15) is 4.39 Å². The van der Waals surface area contributed by atoms with Crippen LogP contribution >= 0.6 is 11.8 Å². The second-order valence-electron chi connectivity index (χ2n) is 8.66. The average Bonchev–Trinajstić information content (AvgIpc) is 3.53. The highest BCUT2D eigenvalue weighted by molar-refractivity contribution is 8.03. The molecule has 0 spiro atoms. The molecule has 8 heteroatoms. The Kier molecular flexibility index (Phi) is 6.24. The van der Waals surface area contributed by atoms with Gasteiger partial charge in [-0.1, -0.05) is 42.1 Å². The lowest BCUT2D eigenvalue weighted by atomic mass is 10.2. The molecule has 0 amide bonds. The Bertz CT molecular complexity index is 1630. The van der Waals surface area contributed by atoms with Gasteiger partial charge in [0.25, 0.3) is 0 Å². The highest BCUT2D eigenvalue weighted by atomic mass is 32.2. The molecule has 184 valence electrons. The first-order chi connectivity index (χ1) is 18.2. The molecule has 3 aromatic carbocycles. The number of hydrogen-bond acceptors (Lipinski definition) is 6. The number of ether oxygens (including phenoxy) is 1. The zero-order valence-electron chi connectivity index (χ0n) is 20.1. The number of para-hydroxylation sites is 1. The van der Waals surface area contributed by atoms with Crippen LogP contribution in [0.2, 0.25) is 0 Å². The van der Waals surface area contributed by atoms with Crippen LogP contribution in [0.1, 0.15) is 16.8 Å². The van der Waals surface area contributed by atoms with Gasteiger partial charge in [0.15, 0.2) is 5.50 Å². The molecule has 1 atom stereocenters. The van der Waals surface area contributed by atoms with E-state index in [1.807, 2.05) is 54.7 Å². The smallest absolute Gasteiger partial charge is 0.165 e. The summed E-state index contributed by atoms with van der Waals surface area (Å²) in [6.07, 6.45) is 3.62. The number of hydrazone groups is 1. The number of halogens is 1. The summed E-state index contributed by atoms with van der Waals surface area (Å²) in [6, 6.07) is 24.9. The van der Waals surface area contributed by atoms with Gasteiger partial charge in [0.05, 0.1) is 36.4 Å². The van der Waals surface area contributed by atoms with E-state index in [0.29, 0.717) is 6.54 Å². The molecule has 1 unspecified atom stereocenters. The summed E-state index contributed by atoms with van der Waals surface area (Å²) >= 11 is 1.62. The Morgan fingerprint density at radius 3 is 2.68 bits per heavy atom. The second kappa shape index (κ2) is 9.99. The fraction of sp³-hybridized carbons (Fsp3) is 0.103. The fourth-order valence-corrected chi connectivity index (χ4v) is 5.27. The number of thioether (sulfide) groups is 1. The summed E-state index contributed by atoms with van der Waals surface area (Å²) < 4.78 is 20.8. The lowest BCUT2D eigenvalue weighted by Crippen LogP contribution is -2.31. The van der Waals surface area contributed by atoms with Gasteiger partial charge in [-0.05, 0) is 65.1 Å². The van der Waals surface area contributed by atoms with E-state index < -0.39 is 0 Å². The minimum atomic E-state index is -0.232. The van der Waals surface area contributed by atoms with Crippen molar-refractivity contribution in [1.82, 2.24) is 20.3 Å². The lowest BCUT2D eigenvalue weighted by Gasteiger charge is -2.12. The fourth-order valence-electron chi connectivity index (χ4n) is 4.48. The number of pyridine rings is 1. The van der Waals surface area contributed by atoms with Crippen molar-refractivity contribution in [2.75, 3.05) is 7.11 Å². The van der Waals surface area contributed by atoms with E-state index >= 15 is 0 Å². The molecule has 6 rings (SSSR count). The van der Waals surface area contributed by atoms with E-state index in [1.165, 1.54) is 12.1 Å². The molecule has 0 bridgehead atoms. The van der Waals surface area contributed by atoms with Crippen molar-refractivity contribution in [3.63, 3.8) is 0 Å². The van der Waals surface area contributed by atoms with Crippen LogP contribution in [0, 0.1) is 5.82 Å². The van der Waals surface area contributed by atoms with Crippen molar-refractivity contribution in [2.24, 2.45) is 5.10 Å². The third-order valence-electron chi connectivity index (χ3n) is 6.33. The molecular weight excluding hydrogens is 485 g/mol. The zero-order chi connectivity index (χ0) is 25.2. The Morgan fingerprint density at radius 1 is 1.05 bits per heavy atom. The molecule has 0 fully saturated rings. The topological polar surface area (TPSA) is 63.5 Å². The molecule has 5 aromatic rings. The van der Waals surface area contributed by atoms with Crippen LogP contribution in [0.15, 0.2) is 95.6 Å². The van der Waals surface area contributed by atoms with Gasteiger partial charge in [-0.2, -0.15) is 5.10 Å². The molecule has 0 saturated heterocycles. The zero-order valence-corrected chi connectivity index (χ0v) is 20.9. The number of fused-ring (bicyclic) bond motifs is 3. The van der Waals surface area contributed by atoms with Crippen molar-refractivity contribution in [3.05, 3.63) is 113 Å². The van der Waals surface area contributed by atoms with Gasteiger partial charge in [0, 0.05) is 22.8 Å². The molecule has 37 heavy (non-hydrogen) atoms. The van der Waals surface area contributed by atoms with E-state index in [2.05, 4.69) is 49.0 Å². The summed E-state index contributed by atoms with van der Waals surface area (Å²) in [5.74, 6) is 0.599. The van der Waals surface area contributed by atoms with Crippen molar-refractivity contribution >= 4 is 45.5 Å². The molecular formula is C29H24FN5OS. The van der Waals surface area contributed by atoms with E-state index in [0.717, 1.165) is 50.1 Å². The minimum Gasteiger partial charge on any atom is -0.497 e. The minimum absolute atomic E-state index is 0.0743. The first-order valence-electron chi connectivity index (χ1n) is 11.8. The number of benzene rings is 3. The quantitative estimate of drug-likeness (QED) is 0.210. The second-order valence-corrected chi connectivity index (χ2v) is 9.64. The maximum absolute atomic E-state index is 13.4. The van der Waals surface area contributed by atoms with Crippen LogP contribution in [0.3, 0.4) is 0 Å². The van der Waals surface area contributed by atoms with E-state index in [1.54, 1.807) is 25.1 Å². The first-order valence-corrected chi connectivity index (χ1v) is 12.8. The van der Waals surface area contributed by atoms with Crippen LogP contribution in [0.5, 0.6) is 5.75 Å². The van der Waals surface area contributed by atoms with Crippen LogP contribution < -0.4 is 15.5 Å². The average molecular weight is 510 g/mol. The molecule has 6 nitrogen and oxygen atoms in total. The van der Waals surface area contributed by atoms with Gasteiger partial charge >= 0.3 is 0 Å². The highest BCUT2D eigenvalue weighted by Crippen LogP contribution is 2.30. The summed E-state index contributed by atoms with van der Waals surface area (Å²) in [6.45, 7) is 0.634. The van der Waals surface area contributed by atoms with Gasteiger partial charge < -0.3 is 14.6 Å². The standard InChI is InChI=1S/C29H24FN5OS/c1-36-23-12-8-20(9-13-23)26-18-37-29(33-26)34-32-15-22-14-25-24-4-2-3-5-27(24)35(28(25)16-31-22)17-19-6-10-21(30)11-7-19/h2-16,18,29,33-34H,17H2,1H3. The number of nitrogens with zero attached hydrogens (tertiary/aromatic N) is 3. The molecule has 0 saturated carbocycles. The SMILES string of the molecule is COc1ccc(C2=CSC(NN=Cc3cc4c5ccccc5n(Cc5ccc(F)cc5)c4cn3)N2)cc1. The van der Waals surface area contributed by atoms with Crippen molar-refractivity contribution in [1.29, 1.82) is 0 Å². The highest BCUT2D eigenvalue weighted by Gasteiger charge is 2.17. The van der Waals surface area contributed by atoms with Gasteiger partial charge in [-0.3, -0.25) is 10.4 Å². The maximum atomic E-state index is 13.4. The van der Waals surface area contributed by atoms with E-state index in [4.69, 9.17) is 4.74 Å². The predicted octanol–water partition coefficient (Wildman–Crippen LogP) is 5.93. The third kappa shape index (κ3) is 4.75. The summed E-state index contributed by atoms with van der Waals surface area (Å²) in [4.78, 5) is 4.64. The van der Waals surface area contributed by atoms with Gasteiger partial charge in [-0.15, -0.1) is 0 Å². The third-order valence-corrected chi connectivity index (χ3v) is 7.20. The van der Waals surface area contributed by atoms with Crippen LogP contribution in [0.25, 0.3) is 27.5 Å². The maximum Gasteiger partial charge on any atom is 0.165 e. The predicted molar refractivity (Wildman–Crippen MR) is 149 cm³/mol. The summed E-state index contributed by atoms with van der Waals surface area (Å²) in [5.41, 5.74) is 9.13. The number of aromatic nitrogens is 2. The van der Waals surface area contributed by atoms with Crippen LogP contribution in [-0.2, 0) is 6.54 Å². The number of methoxy groups -OCH3 is 1. The molecule has 0 aliphatic carbocycles. The lowest BCUT2D eigenvalue weighted by molar-refractivity contribution is 0.415.